The first kappa shape index (κ1) is 22.3. The minimum absolute atomic E-state index is 0.0745. The molecular weight excluding hydrogens is 438 g/mol. The van der Waals surface area contributed by atoms with Gasteiger partial charge in [0.1, 0.15) is 23.2 Å². The summed E-state index contributed by atoms with van der Waals surface area (Å²) < 4.78 is 32.6. The monoisotopic (exact) mass is 455 g/mol. The average Bonchev–Trinajstić information content (AvgIpc) is 3.23. The van der Waals surface area contributed by atoms with Crippen LogP contribution < -0.4 is 10.0 Å². The normalized spacial score (nSPS) is 11.7. The molecule has 0 bridgehead atoms. The van der Waals surface area contributed by atoms with E-state index in [2.05, 4.69) is 10.0 Å². The highest BCUT2D eigenvalue weighted by Crippen LogP contribution is 2.16. The van der Waals surface area contributed by atoms with Gasteiger partial charge >= 0.3 is 0 Å². The third kappa shape index (κ3) is 6.30. The molecule has 0 aliphatic heterocycles. The number of carbonyl (C=O) groups is 1. The summed E-state index contributed by atoms with van der Waals surface area (Å²) in [6.07, 6.45) is 1.30. The molecule has 0 aliphatic rings. The first-order valence-corrected chi connectivity index (χ1v) is 11.0. The Hall–Kier alpha value is -3.38. The number of hydrogen-bond acceptors (Lipinski definition) is 5. The Morgan fingerprint density at radius 2 is 1.74 bits per heavy atom. The van der Waals surface area contributed by atoms with Crippen LogP contribution in [0, 0.1) is 11.3 Å². The summed E-state index contributed by atoms with van der Waals surface area (Å²) in [6, 6.07) is 20.0. The highest BCUT2D eigenvalue weighted by atomic mass is 35.5. The van der Waals surface area contributed by atoms with Gasteiger partial charge in [-0.1, -0.05) is 41.9 Å². The molecule has 1 aromatic heterocycles. The zero-order chi connectivity index (χ0) is 22.3. The minimum atomic E-state index is -3.74. The summed E-state index contributed by atoms with van der Waals surface area (Å²) in [5.41, 5.74) is 0.778. The summed E-state index contributed by atoms with van der Waals surface area (Å²) >= 11 is 5.78. The van der Waals surface area contributed by atoms with E-state index in [-0.39, 0.29) is 29.3 Å². The van der Waals surface area contributed by atoms with Crippen LogP contribution in [0.2, 0.25) is 5.02 Å². The Balaban J connectivity index is 1.62. The Labute approximate surface area is 185 Å². The topological polar surface area (TPSA) is 112 Å². The van der Waals surface area contributed by atoms with Crippen LogP contribution in [0.3, 0.4) is 0 Å². The fourth-order valence-corrected chi connectivity index (χ4v) is 3.71. The van der Waals surface area contributed by atoms with Crippen LogP contribution in [-0.4, -0.2) is 14.3 Å². The highest BCUT2D eigenvalue weighted by Gasteiger charge is 2.15. The van der Waals surface area contributed by atoms with E-state index < -0.39 is 15.9 Å². The van der Waals surface area contributed by atoms with Gasteiger partial charge in [-0.05, 0) is 42.0 Å². The SMILES string of the molecule is N#CC(=Cc1ccc(CNS(=O)(=O)c2ccc(Cl)cc2)o1)C(=O)NCc1ccccc1. The molecule has 2 aromatic carbocycles. The van der Waals surface area contributed by atoms with E-state index in [0.29, 0.717) is 10.8 Å². The zero-order valence-corrected chi connectivity index (χ0v) is 17.8. The molecule has 0 atom stereocenters. The number of amides is 1. The molecule has 1 amide bonds. The molecule has 0 aliphatic carbocycles. The molecule has 3 rings (SSSR count). The van der Waals surface area contributed by atoms with Crippen molar-refractivity contribution in [2.45, 2.75) is 18.0 Å². The Kier molecular flexibility index (Phi) is 7.26. The average molecular weight is 456 g/mol. The second kappa shape index (κ2) is 10.1. The number of carbonyl (C=O) groups excluding carboxylic acids is 1. The van der Waals surface area contributed by atoms with Crippen molar-refractivity contribution in [1.82, 2.24) is 10.0 Å². The highest BCUT2D eigenvalue weighted by molar-refractivity contribution is 7.89. The number of benzene rings is 2. The van der Waals surface area contributed by atoms with E-state index >= 15 is 0 Å². The van der Waals surface area contributed by atoms with Gasteiger partial charge in [-0.25, -0.2) is 13.1 Å². The number of sulfonamides is 1. The molecule has 31 heavy (non-hydrogen) atoms. The summed E-state index contributed by atoms with van der Waals surface area (Å²) in [4.78, 5) is 12.3. The number of halogens is 1. The van der Waals surface area contributed by atoms with Crippen LogP contribution in [0.5, 0.6) is 0 Å². The predicted molar refractivity (Wildman–Crippen MR) is 116 cm³/mol. The van der Waals surface area contributed by atoms with E-state index in [9.17, 15) is 18.5 Å². The molecule has 0 spiro atoms. The first-order valence-electron chi connectivity index (χ1n) is 9.15. The van der Waals surface area contributed by atoms with Gasteiger partial charge < -0.3 is 9.73 Å². The van der Waals surface area contributed by atoms with Crippen molar-refractivity contribution in [3.8, 4) is 6.07 Å². The number of nitrogens with zero attached hydrogens (tertiary/aromatic N) is 1. The first-order chi connectivity index (χ1) is 14.9. The Morgan fingerprint density at radius 1 is 1.03 bits per heavy atom. The second-order valence-corrected chi connectivity index (χ2v) is 8.62. The molecule has 3 aromatic rings. The van der Waals surface area contributed by atoms with Gasteiger partial charge in [0.05, 0.1) is 11.4 Å². The van der Waals surface area contributed by atoms with Crippen molar-refractivity contribution < 1.29 is 17.6 Å². The van der Waals surface area contributed by atoms with Gasteiger partial charge in [0.2, 0.25) is 10.0 Å². The van der Waals surface area contributed by atoms with Crippen LogP contribution in [0.15, 0.2) is 81.6 Å². The van der Waals surface area contributed by atoms with Crippen molar-refractivity contribution in [1.29, 1.82) is 5.26 Å². The summed E-state index contributed by atoms with van der Waals surface area (Å²) in [7, 11) is -3.74. The van der Waals surface area contributed by atoms with Crippen LogP contribution in [0.1, 0.15) is 17.1 Å². The Morgan fingerprint density at radius 3 is 2.42 bits per heavy atom. The molecule has 9 heteroatoms. The van der Waals surface area contributed by atoms with Crippen LogP contribution in [-0.2, 0) is 27.9 Å². The molecular formula is C22H18ClN3O4S. The van der Waals surface area contributed by atoms with Crippen molar-refractivity contribution in [2.24, 2.45) is 0 Å². The standard InChI is InChI=1S/C22H18ClN3O4S/c23-18-6-10-21(11-7-18)31(28,29)26-15-20-9-8-19(30-20)12-17(13-24)22(27)25-14-16-4-2-1-3-5-16/h1-12,26H,14-15H2,(H,25,27). The molecule has 0 radical (unpaired) electrons. The fourth-order valence-electron chi connectivity index (χ4n) is 2.59. The predicted octanol–water partition coefficient (Wildman–Crippen LogP) is 3.63. The molecule has 0 saturated carbocycles. The summed E-state index contributed by atoms with van der Waals surface area (Å²) in [5.74, 6) is 0.0469. The van der Waals surface area contributed by atoms with Gasteiger partial charge in [0.25, 0.3) is 5.91 Å². The maximum absolute atomic E-state index is 12.3. The molecule has 7 nitrogen and oxygen atoms in total. The van der Waals surface area contributed by atoms with Crippen molar-refractivity contribution in [3.63, 3.8) is 0 Å². The smallest absolute Gasteiger partial charge is 0.262 e. The van der Waals surface area contributed by atoms with Gasteiger partial charge in [0.15, 0.2) is 0 Å². The van der Waals surface area contributed by atoms with E-state index in [1.807, 2.05) is 36.4 Å². The van der Waals surface area contributed by atoms with Crippen LogP contribution in [0.25, 0.3) is 6.08 Å². The summed E-state index contributed by atoms with van der Waals surface area (Å²) in [5, 5.41) is 12.4. The quantitative estimate of drug-likeness (QED) is 0.398. The lowest BCUT2D eigenvalue weighted by molar-refractivity contribution is -0.117. The molecule has 1 heterocycles. The van der Waals surface area contributed by atoms with Gasteiger partial charge in [-0.15, -0.1) is 0 Å². The van der Waals surface area contributed by atoms with Gasteiger partial charge in [-0.3, -0.25) is 4.79 Å². The number of rotatable bonds is 8. The number of furan rings is 1. The third-order valence-corrected chi connectivity index (χ3v) is 5.86. The van der Waals surface area contributed by atoms with Crippen molar-refractivity contribution >= 4 is 33.6 Å². The fraction of sp³-hybridized carbons (Fsp3) is 0.0909. The van der Waals surface area contributed by atoms with Gasteiger partial charge in [-0.2, -0.15) is 5.26 Å². The van der Waals surface area contributed by atoms with Crippen LogP contribution >= 0.6 is 11.6 Å². The third-order valence-electron chi connectivity index (χ3n) is 4.19. The van der Waals surface area contributed by atoms with E-state index in [1.165, 1.54) is 30.3 Å². The molecule has 158 valence electrons. The zero-order valence-electron chi connectivity index (χ0n) is 16.2. The minimum Gasteiger partial charge on any atom is -0.460 e. The van der Waals surface area contributed by atoms with Crippen LogP contribution in [0.4, 0.5) is 0 Å². The maximum Gasteiger partial charge on any atom is 0.262 e. The van der Waals surface area contributed by atoms with Crippen molar-refractivity contribution in [2.75, 3.05) is 0 Å². The Bertz CT molecular complexity index is 1230. The lowest BCUT2D eigenvalue weighted by Gasteiger charge is -2.05. The molecule has 2 N–H and O–H groups in total. The lowest BCUT2D eigenvalue weighted by atomic mass is 10.2. The van der Waals surface area contributed by atoms with E-state index in [4.69, 9.17) is 16.0 Å². The summed E-state index contributed by atoms with van der Waals surface area (Å²) in [6.45, 7) is 0.190. The lowest BCUT2D eigenvalue weighted by Crippen LogP contribution is -2.23. The van der Waals surface area contributed by atoms with Gasteiger partial charge in [0, 0.05) is 17.6 Å². The molecule has 0 fully saturated rings. The van der Waals surface area contributed by atoms with Crippen molar-refractivity contribution in [3.05, 3.63) is 94.4 Å². The largest absolute Gasteiger partial charge is 0.460 e. The number of nitriles is 1. The van der Waals surface area contributed by atoms with E-state index in [1.54, 1.807) is 12.1 Å². The molecule has 0 saturated heterocycles. The number of hydrogen-bond donors (Lipinski definition) is 2. The van der Waals surface area contributed by atoms with E-state index in [0.717, 1.165) is 5.56 Å². The molecule has 0 unspecified atom stereocenters. The maximum atomic E-state index is 12.3. The number of nitrogens with one attached hydrogen (secondary N) is 2. The second-order valence-electron chi connectivity index (χ2n) is 6.42.